The van der Waals surface area contributed by atoms with Crippen LogP contribution in [0, 0.1) is 0 Å². The van der Waals surface area contributed by atoms with Crippen molar-refractivity contribution in [1.29, 1.82) is 0 Å². The number of nitrogens with one attached hydrogen (secondary N) is 1. The van der Waals surface area contributed by atoms with E-state index in [1.54, 1.807) is 18.0 Å². The zero-order valence-electron chi connectivity index (χ0n) is 13.6. The van der Waals surface area contributed by atoms with Crippen LogP contribution in [0.2, 0.25) is 0 Å². The van der Waals surface area contributed by atoms with Gasteiger partial charge in [0.25, 0.3) is 0 Å². The molecule has 2 aromatic rings. The summed E-state index contributed by atoms with van der Waals surface area (Å²) >= 11 is 1.74. The summed E-state index contributed by atoms with van der Waals surface area (Å²) in [6.45, 7) is 5.33. The second-order valence-electron chi connectivity index (χ2n) is 5.14. The normalized spacial score (nSPS) is 11.7. The number of thioether (sulfide) groups is 1. The highest BCUT2D eigenvalue weighted by Gasteiger charge is 2.19. The summed E-state index contributed by atoms with van der Waals surface area (Å²) in [6, 6.07) is 14.1. The van der Waals surface area contributed by atoms with Gasteiger partial charge in [0, 0.05) is 36.1 Å². The van der Waals surface area contributed by atoms with E-state index in [0.717, 1.165) is 11.3 Å². The van der Waals surface area contributed by atoms with E-state index in [2.05, 4.69) is 22.4 Å². The van der Waals surface area contributed by atoms with Crippen LogP contribution in [-0.4, -0.2) is 34.8 Å². The van der Waals surface area contributed by atoms with Crippen molar-refractivity contribution in [3.05, 3.63) is 60.4 Å². The molecule has 23 heavy (non-hydrogen) atoms. The highest BCUT2D eigenvalue weighted by atomic mass is 32.2. The van der Waals surface area contributed by atoms with Crippen LogP contribution in [0.5, 0.6) is 0 Å². The van der Waals surface area contributed by atoms with Crippen molar-refractivity contribution in [3.63, 3.8) is 0 Å². The molecule has 4 nitrogen and oxygen atoms in total. The van der Waals surface area contributed by atoms with Gasteiger partial charge in [-0.3, -0.25) is 4.98 Å². The Morgan fingerprint density at radius 2 is 2.04 bits per heavy atom. The van der Waals surface area contributed by atoms with Gasteiger partial charge in [0.1, 0.15) is 0 Å². The first kappa shape index (κ1) is 17.3. The highest BCUT2D eigenvalue weighted by molar-refractivity contribution is 7.99. The summed E-state index contributed by atoms with van der Waals surface area (Å²) in [7, 11) is 0. The molecular weight excluding hydrogens is 306 g/mol. The lowest BCUT2D eigenvalue weighted by molar-refractivity contribution is 0.183. The monoisotopic (exact) mass is 329 g/mol. The van der Waals surface area contributed by atoms with E-state index in [9.17, 15) is 4.79 Å². The number of hydrogen-bond donors (Lipinski definition) is 1. The smallest absolute Gasteiger partial charge is 0.317 e. The SMILES string of the molecule is CCN(C(=O)NCCSc1ccccc1)C(C)c1cccnc1. The maximum Gasteiger partial charge on any atom is 0.317 e. The summed E-state index contributed by atoms with van der Waals surface area (Å²) < 4.78 is 0. The van der Waals surface area contributed by atoms with Crippen LogP contribution in [0.25, 0.3) is 0 Å². The second kappa shape index (κ2) is 9.20. The number of carbonyl (C=O) groups excluding carboxylic acids is 1. The Morgan fingerprint density at radius 3 is 2.70 bits per heavy atom. The Bertz CT molecular complexity index is 592. The van der Waals surface area contributed by atoms with Gasteiger partial charge in [0.05, 0.1) is 6.04 Å². The number of rotatable bonds is 7. The van der Waals surface area contributed by atoms with Crippen molar-refractivity contribution in [2.45, 2.75) is 24.8 Å². The van der Waals surface area contributed by atoms with Gasteiger partial charge in [-0.25, -0.2) is 4.79 Å². The lowest BCUT2D eigenvalue weighted by Crippen LogP contribution is -2.42. The van der Waals surface area contributed by atoms with Crippen LogP contribution in [0.1, 0.15) is 25.5 Å². The molecule has 1 aromatic heterocycles. The van der Waals surface area contributed by atoms with Gasteiger partial charge >= 0.3 is 6.03 Å². The van der Waals surface area contributed by atoms with Crippen LogP contribution < -0.4 is 5.32 Å². The van der Waals surface area contributed by atoms with Crippen molar-refractivity contribution < 1.29 is 4.79 Å². The average molecular weight is 329 g/mol. The molecule has 0 aliphatic rings. The molecule has 122 valence electrons. The van der Waals surface area contributed by atoms with E-state index in [-0.39, 0.29) is 12.1 Å². The topological polar surface area (TPSA) is 45.2 Å². The fourth-order valence-corrected chi connectivity index (χ4v) is 3.13. The zero-order chi connectivity index (χ0) is 16.5. The van der Waals surface area contributed by atoms with Gasteiger partial charge in [-0.2, -0.15) is 0 Å². The van der Waals surface area contributed by atoms with Crippen LogP contribution in [0.3, 0.4) is 0 Å². The molecule has 0 aliphatic carbocycles. The number of benzene rings is 1. The lowest BCUT2D eigenvalue weighted by atomic mass is 10.1. The van der Waals surface area contributed by atoms with Crippen LogP contribution >= 0.6 is 11.8 Å². The molecule has 2 rings (SSSR count). The molecule has 0 bridgehead atoms. The maximum atomic E-state index is 12.4. The Hall–Kier alpha value is -2.01. The van der Waals surface area contributed by atoms with Crippen molar-refractivity contribution in [1.82, 2.24) is 15.2 Å². The molecule has 0 saturated carbocycles. The maximum absolute atomic E-state index is 12.4. The Labute approximate surface area is 142 Å². The molecule has 1 unspecified atom stereocenters. The first-order valence-electron chi connectivity index (χ1n) is 7.84. The predicted molar refractivity (Wildman–Crippen MR) is 95.6 cm³/mol. The minimum Gasteiger partial charge on any atom is -0.337 e. The first-order valence-corrected chi connectivity index (χ1v) is 8.83. The molecule has 1 atom stereocenters. The minimum atomic E-state index is -0.0301. The van der Waals surface area contributed by atoms with E-state index >= 15 is 0 Å². The molecule has 5 heteroatoms. The number of urea groups is 1. The van der Waals surface area contributed by atoms with E-state index in [1.807, 2.05) is 55.3 Å². The largest absolute Gasteiger partial charge is 0.337 e. The van der Waals surface area contributed by atoms with Gasteiger partial charge in [-0.15, -0.1) is 11.8 Å². The molecule has 0 radical (unpaired) electrons. The van der Waals surface area contributed by atoms with E-state index in [0.29, 0.717) is 13.1 Å². The zero-order valence-corrected chi connectivity index (χ0v) is 14.4. The third kappa shape index (κ3) is 5.28. The molecule has 0 spiro atoms. The number of aromatic nitrogens is 1. The molecule has 2 amide bonds. The average Bonchev–Trinajstić information content (AvgIpc) is 2.61. The standard InChI is InChI=1S/C18H23N3OS/c1-3-21(15(2)16-8-7-11-19-14-16)18(22)20-12-13-23-17-9-5-4-6-10-17/h4-11,14-15H,3,12-13H2,1-2H3,(H,20,22). The first-order chi connectivity index (χ1) is 11.2. The molecule has 0 saturated heterocycles. The lowest BCUT2D eigenvalue weighted by Gasteiger charge is -2.28. The molecule has 1 N–H and O–H groups in total. The fraction of sp³-hybridized carbons (Fsp3) is 0.333. The fourth-order valence-electron chi connectivity index (χ4n) is 2.34. The second-order valence-corrected chi connectivity index (χ2v) is 6.31. The summed E-state index contributed by atoms with van der Waals surface area (Å²) in [5.41, 5.74) is 1.04. The Balaban J connectivity index is 1.81. The van der Waals surface area contributed by atoms with E-state index < -0.39 is 0 Å². The molecule has 0 fully saturated rings. The van der Waals surface area contributed by atoms with E-state index in [4.69, 9.17) is 0 Å². The quantitative estimate of drug-likeness (QED) is 0.617. The Morgan fingerprint density at radius 1 is 1.26 bits per heavy atom. The third-order valence-electron chi connectivity index (χ3n) is 3.63. The van der Waals surface area contributed by atoms with Crippen LogP contribution in [-0.2, 0) is 0 Å². The van der Waals surface area contributed by atoms with Gasteiger partial charge in [0.15, 0.2) is 0 Å². The van der Waals surface area contributed by atoms with Crippen LogP contribution in [0.15, 0.2) is 59.8 Å². The number of amides is 2. The number of nitrogens with zero attached hydrogens (tertiary/aromatic N) is 2. The van der Waals surface area contributed by atoms with Crippen molar-refractivity contribution in [2.75, 3.05) is 18.8 Å². The van der Waals surface area contributed by atoms with E-state index in [1.165, 1.54) is 4.90 Å². The van der Waals surface area contributed by atoms with Crippen molar-refractivity contribution >= 4 is 17.8 Å². The number of hydrogen-bond acceptors (Lipinski definition) is 3. The third-order valence-corrected chi connectivity index (χ3v) is 4.64. The molecular formula is C18H23N3OS. The summed E-state index contributed by atoms with van der Waals surface area (Å²) in [5.74, 6) is 0.856. The summed E-state index contributed by atoms with van der Waals surface area (Å²) in [5, 5.41) is 3.00. The molecule has 1 aromatic carbocycles. The van der Waals surface area contributed by atoms with Gasteiger partial charge in [-0.1, -0.05) is 24.3 Å². The van der Waals surface area contributed by atoms with Crippen molar-refractivity contribution in [2.24, 2.45) is 0 Å². The molecule has 1 heterocycles. The summed E-state index contributed by atoms with van der Waals surface area (Å²) in [4.78, 5) is 19.6. The molecule has 0 aliphatic heterocycles. The van der Waals surface area contributed by atoms with Gasteiger partial charge < -0.3 is 10.2 Å². The predicted octanol–water partition coefficient (Wildman–Crippen LogP) is 3.97. The van der Waals surface area contributed by atoms with Gasteiger partial charge in [-0.05, 0) is 37.6 Å². The number of pyridine rings is 1. The summed E-state index contributed by atoms with van der Waals surface area (Å²) in [6.07, 6.45) is 3.55. The van der Waals surface area contributed by atoms with Crippen LogP contribution in [0.4, 0.5) is 4.79 Å². The number of carbonyl (C=O) groups is 1. The Kier molecular flexibility index (Phi) is 6.94. The highest BCUT2D eigenvalue weighted by Crippen LogP contribution is 2.19. The van der Waals surface area contributed by atoms with Gasteiger partial charge in [0.2, 0.25) is 0 Å². The minimum absolute atomic E-state index is 0.00970. The van der Waals surface area contributed by atoms with Crippen molar-refractivity contribution in [3.8, 4) is 0 Å².